The first kappa shape index (κ1) is 92.2. The van der Waals surface area contributed by atoms with E-state index in [4.69, 9.17) is 37.9 Å². The summed E-state index contributed by atoms with van der Waals surface area (Å²) in [6.07, 6.45) is 5.16. The molecule has 0 radical (unpaired) electrons. The highest BCUT2D eigenvalue weighted by molar-refractivity contribution is 5.77. The molecule has 4 saturated heterocycles. The number of hydrogen-bond donors (Lipinski definition) is 17. The number of carbonyl (C=O) groups is 4. The summed E-state index contributed by atoms with van der Waals surface area (Å²) in [4.78, 5) is 52.0. The number of carbonyl (C=O) groups excluding carboxylic acids is 3. The zero-order valence-electron chi connectivity index (χ0n) is 62.0. The van der Waals surface area contributed by atoms with Crippen LogP contribution in [0.15, 0.2) is 12.2 Å². The normalized spacial score (nSPS) is 31.0. The van der Waals surface area contributed by atoms with E-state index in [-0.39, 0.29) is 12.3 Å². The third kappa shape index (κ3) is 32.1. The van der Waals surface area contributed by atoms with E-state index in [1.165, 1.54) is 154 Å². The van der Waals surface area contributed by atoms with Gasteiger partial charge in [-0.2, -0.15) is 0 Å². The summed E-state index contributed by atoms with van der Waals surface area (Å²) < 4.78 is 48.0. The highest BCUT2D eigenvalue weighted by atomic mass is 16.8. The molecule has 602 valence electrons. The molecule has 29 heteroatoms. The smallest absolute Gasteiger partial charge is 0.364 e. The maximum absolute atomic E-state index is 13.6. The lowest BCUT2D eigenvalue weighted by Gasteiger charge is -2.52. The molecule has 23 atom stereocenters. The molecule has 103 heavy (non-hydrogen) atoms. The summed E-state index contributed by atoms with van der Waals surface area (Å²) >= 11 is 0. The Hall–Kier alpha value is -3.22. The predicted molar refractivity (Wildman–Crippen MR) is 378 cm³/mol. The average Bonchev–Trinajstić information content (AvgIpc) is 0.753. The summed E-state index contributed by atoms with van der Waals surface area (Å²) in [6, 6.07) is -4.52. The fraction of sp³-hybridized carbons (Fsp3) is 0.919. The minimum absolute atomic E-state index is 0.163. The van der Waals surface area contributed by atoms with Gasteiger partial charge in [0.2, 0.25) is 17.7 Å². The number of carboxylic acids is 1. The van der Waals surface area contributed by atoms with Crippen molar-refractivity contribution in [2.75, 3.05) is 33.0 Å². The Kier molecular flexibility index (Phi) is 46.5. The second kappa shape index (κ2) is 52.0. The van der Waals surface area contributed by atoms with E-state index in [1.54, 1.807) is 6.08 Å². The topological polar surface area (TPSA) is 461 Å². The van der Waals surface area contributed by atoms with Crippen molar-refractivity contribution in [2.24, 2.45) is 0 Å². The van der Waals surface area contributed by atoms with Crippen molar-refractivity contribution in [3.05, 3.63) is 12.2 Å². The van der Waals surface area contributed by atoms with Crippen LogP contribution in [-0.2, 0) is 57.1 Å². The van der Waals surface area contributed by atoms with Crippen molar-refractivity contribution < 1.29 is 129 Å². The molecule has 4 heterocycles. The van der Waals surface area contributed by atoms with Gasteiger partial charge in [0.15, 0.2) is 18.9 Å². The lowest BCUT2D eigenvalue weighted by Crippen LogP contribution is -2.72. The number of nitrogens with one attached hydrogen (secondary N) is 3. The molecular formula is C74H135N3O26. The summed E-state index contributed by atoms with van der Waals surface area (Å²) in [6.45, 7) is 1.77. The molecule has 0 bridgehead atoms. The van der Waals surface area contributed by atoms with Crippen molar-refractivity contribution in [1.29, 1.82) is 0 Å². The average molecular weight is 1480 g/mol. The molecule has 4 aliphatic rings. The van der Waals surface area contributed by atoms with E-state index < -0.39 is 198 Å². The fourth-order valence-corrected chi connectivity index (χ4v) is 14.1. The fourth-order valence-electron chi connectivity index (χ4n) is 14.1. The second-order valence-electron chi connectivity index (χ2n) is 28.9. The summed E-state index contributed by atoms with van der Waals surface area (Å²) in [7, 11) is 0. The molecule has 0 saturated carbocycles. The van der Waals surface area contributed by atoms with E-state index >= 15 is 0 Å². The molecule has 23 unspecified atom stereocenters. The molecular weight excluding hydrogens is 1350 g/mol. The first-order valence-corrected chi connectivity index (χ1v) is 39.1. The van der Waals surface area contributed by atoms with Gasteiger partial charge in [-0.15, -0.1) is 0 Å². The molecule has 0 spiro atoms. The number of rotatable bonds is 56. The van der Waals surface area contributed by atoms with Gasteiger partial charge in [0.1, 0.15) is 91.5 Å². The zero-order valence-corrected chi connectivity index (χ0v) is 62.0. The highest BCUT2D eigenvalue weighted by Crippen LogP contribution is 2.40. The van der Waals surface area contributed by atoms with E-state index in [0.29, 0.717) is 12.8 Å². The summed E-state index contributed by atoms with van der Waals surface area (Å²) in [5.74, 6) is -7.36. The van der Waals surface area contributed by atoms with Crippen molar-refractivity contribution >= 4 is 23.7 Å². The van der Waals surface area contributed by atoms with Crippen molar-refractivity contribution in [1.82, 2.24) is 16.0 Å². The van der Waals surface area contributed by atoms with E-state index in [1.807, 2.05) is 6.08 Å². The van der Waals surface area contributed by atoms with Gasteiger partial charge in [0.05, 0.1) is 57.3 Å². The lowest BCUT2D eigenvalue weighted by molar-refractivity contribution is -0.401. The van der Waals surface area contributed by atoms with Crippen LogP contribution in [0.25, 0.3) is 0 Å². The third-order valence-corrected chi connectivity index (χ3v) is 20.2. The molecule has 29 nitrogen and oxygen atoms in total. The van der Waals surface area contributed by atoms with Gasteiger partial charge in [-0.3, -0.25) is 14.4 Å². The largest absolute Gasteiger partial charge is 0.477 e. The molecule has 0 aromatic heterocycles. The van der Waals surface area contributed by atoms with Gasteiger partial charge in [-0.05, 0) is 19.3 Å². The zero-order chi connectivity index (χ0) is 75.7. The standard InChI is InChI=1S/C74H135N3O26/c1-5-7-9-11-13-15-17-19-20-21-22-23-24-25-26-27-29-31-33-35-37-39-41-57(87)77-50(51(84)40-38-36-34-32-30-28-18-16-14-12-10-8-6-2)47-96-71-64(92)63(91)66(55(45-80)98-71)100-72-65(93)69(67(56(46-81)99-72)101-70-59(76-49(4)83)62(90)61(89)54(44-79)97-70)103-74(73(94)95)42-52(85)58(75-48(3)82)68(102-74)60(88)53(86)43-78/h38,40,50-56,58-72,78-81,84-86,88-93H,5-37,39,41-47H2,1-4H3,(H,75,82)(H,76,83)(H,77,87)(H,94,95). The van der Waals surface area contributed by atoms with Gasteiger partial charge in [-0.25, -0.2) is 4.79 Å². The minimum Gasteiger partial charge on any atom is -0.477 e. The van der Waals surface area contributed by atoms with Crippen LogP contribution in [0, 0.1) is 0 Å². The number of hydrogen-bond acceptors (Lipinski definition) is 25. The van der Waals surface area contributed by atoms with Crippen molar-refractivity contribution in [3.8, 4) is 0 Å². The molecule has 4 fully saturated rings. The van der Waals surface area contributed by atoms with Crippen LogP contribution >= 0.6 is 0 Å². The summed E-state index contributed by atoms with van der Waals surface area (Å²) in [5, 5.41) is 163. The predicted octanol–water partition coefficient (Wildman–Crippen LogP) is 3.86. The molecule has 4 aliphatic heterocycles. The molecule has 4 rings (SSSR count). The molecule has 0 aromatic rings. The lowest BCUT2D eigenvalue weighted by atomic mass is 9.88. The number of aliphatic hydroxyl groups excluding tert-OH is 13. The van der Waals surface area contributed by atoms with Crippen LogP contribution in [0.1, 0.15) is 259 Å². The maximum atomic E-state index is 13.6. The Bertz CT molecular complexity index is 2300. The van der Waals surface area contributed by atoms with Crippen molar-refractivity contribution in [2.45, 2.75) is 399 Å². The first-order chi connectivity index (χ1) is 49.5. The molecule has 0 aliphatic carbocycles. The first-order valence-electron chi connectivity index (χ1n) is 39.1. The van der Waals surface area contributed by atoms with E-state index in [0.717, 1.165) is 65.2 Å². The Labute approximate surface area is 610 Å². The quantitative estimate of drug-likeness (QED) is 0.0303. The minimum atomic E-state index is -3.28. The van der Waals surface area contributed by atoms with Gasteiger partial charge in [-0.1, -0.05) is 225 Å². The molecule has 17 N–H and O–H groups in total. The van der Waals surface area contributed by atoms with E-state index in [9.17, 15) is 90.7 Å². The van der Waals surface area contributed by atoms with Crippen LogP contribution in [0.5, 0.6) is 0 Å². The van der Waals surface area contributed by atoms with Gasteiger partial charge >= 0.3 is 5.97 Å². The number of unbranched alkanes of at least 4 members (excludes halogenated alkanes) is 32. The molecule has 3 amide bonds. The SMILES string of the molecule is CCCCCCCCCCCCCC=CC(O)C(COC1OC(CO)C(OC2OC(CO)C(OC3OC(CO)C(O)C(O)C3NC(C)=O)C(OC3(C(=O)O)CC(O)C(NC(C)=O)C(C(O)C(O)CO)O3)C2O)C(O)C1O)NC(=O)CCCCCCCCCCCCCCCCCCCCCCCC. The van der Waals surface area contributed by atoms with Crippen LogP contribution in [0.4, 0.5) is 0 Å². The van der Waals surface area contributed by atoms with Gasteiger partial charge in [0.25, 0.3) is 5.79 Å². The number of ether oxygens (including phenoxy) is 8. The number of allylic oxidation sites excluding steroid dienone is 1. The number of aliphatic hydroxyl groups is 13. The van der Waals surface area contributed by atoms with Gasteiger partial charge < -0.3 is 125 Å². The third-order valence-electron chi connectivity index (χ3n) is 20.2. The number of aliphatic carboxylic acids is 1. The van der Waals surface area contributed by atoms with Crippen LogP contribution in [0.2, 0.25) is 0 Å². The Balaban J connectivity index is 1.46. The number of carboxylic acid groups (broad SMARTS) is 1. The van der Waals surface area contributed by atoms with Crippen LogP contribution < -0.4 is 16.0 Å². The van der Waals surface area contributed by atoms with Gasteiger partial charge in [0, 0.05) is 26.7 Å². The van der Waals surface area contributed by atoms with Crippen LogP contribution in [0.3, 0.4) is 0 Å². The van der Waals surface area contributed by atoms with E-state index in [2.05, 4.69) is 29.8 Å². The monoisotopic (exact) mass is 1480 g/mol. The molecule has 0 aromatic carbocycles. The Morgan fingerprint density at radius 3 is 1.41 bits per heavy atom. The summed E-state index contributed by atoms with van der Waals surface area (Å²) in [5.41, 5.74) is 0. The number of amides is 3. The maximum Gasteiger partial charge on any atom is 0.364 e. The Morgan fingerprint density at radius 2 is 0.942 bits per heavy atom. The van der Waals surface area contributed by atoms with Crippen molar-refractivity contribution in [3.63, 3.8) is 0 Å². The van der Waals surface area contributed by atoms with Crippen LogP contribution in [-0.4, -0.2) is 269 Å². The Morgan fingerprint density at radius 1 is 0.505 bits per heavy atom. The highest BCUT2D eigenvalue weighted by Gasteiger charge is 2.62. The second-order valence-corrected chi connectivity index (χ2v) is 28.9.